The predicted octanol–water partition coefficient (Wildman–Crippen LogP) is 3.31. The highest BCUT2D eigenvalue weighted by atomic mass is 32.2. The summed E-state index contributed by atoms with van der Waals surface area (Å²) in [7, 11) is 0. The Bertz CT molecular complexity index is 1340. The summed E-state index contributed by atoms with van der Waals surface area (Å²) in [5, 5.41) is 15.0. The van der Waals surface area contributed by atoms with Crippen LogP contribution < -0.4 is 10.6 Å². The van der Waals surface area contributed by atoms with Gasteiger partial charge < -0.3 is 20.1 Å². The molecule has 1 saturated carbocycles. The van der Waals surface area contributed by atoms with Gasteiger partial charge in [0.25, 0.3) is 0 Å². The topological polar surface area (TPSA) is 116 Å². The minimum absolute atomic E-state index is 0.101. The highest BCUT2D eigenvalue weighted by Gasteiger charge is 2.44. The van der Waals surface area contributed by atoms with Gasteiger partial charge >= 0.3 is 6.41 Å². The third-order valence-electron chi connectivity index (χ3n) is 6.37. The Morgan fingerprint density at radius 1 is 1.23 bits per heavy atom. The van der Waals surface area contributed by atoms with Gasteiger partial charge in [-0.05, 0) is 30.7 Å². The van der Waals surface area contributed by atoms with E-state index in [1.807, 2.05) is 25.3 Å². The van der Waals surface area contributed by atoms with Gasteiger partial charge in [0.15, 0.2) is 28.5 Å². The number of amides is 1. The summed E-state index contributed by atoms with van der Waals surface area (Å²) in [4.78, 5) is 22.5. The number of carbonyl (C=O) groups excluding carboxylic acids is 1. The Hall–Kier alpha value is -3.60. The summed E-state index contributed by atoms with van der Waals surface area (Å²) in [5.74, 6) is 1.48. The molecule has 1 fully saturated rings. The number of thioether (sulfide) groups is 1. The van der Waals surface area contributed by atoms with Crippen LogP contribution in [0.1, 0.15) is 37.7 Å². The number of hydrogen-bond acceptors (Lipinski definition) is 9. The number of hydrogen-bond donors (Lipinski definition) is 2. The van der Waals surface area contributed by atoms with E-state index in [9.17, 15) is 4.79 Å². The average molecular weight is 492 g/mol. The number of anilines is 1. The zero-order valence-corrected chi connectivity index (χ0v) is 20.2. The molecule has 1 amide bonds. The van der Waals surface area contributed by atoms with Crippen molar-refractivity contribution in [1.82, 2.24) is 30.3 Å². The van der Waals surface area contributed by atoms with E-state index in [0.29, 0.717) is 41.0 Å². The van der Waals surface area contributed by atoms with E-state index in [4.69, 9.17) is 9.47 Å². The number of benzene rings is 1. The SMILES string of the molecule is CCCNC(=O)C1C(SC)=CC2=C1OC(n1nnc3c(NC4CC4c4ccccc4)ncnc31)O2. The zero-order chi connectivity index (χ0) is 23.9. The van der Waals surface area contributed by atoms with E-state index in [1.165, 1.54) is 28.3 Å². The molecule has 35 heavy (non-hydrogen) atoms. The summed E-state index contributed by atoms with van der Waals surface area (Å²) in [6.07, 6.45) is 6.26. The molecule has 2 aliphatic carbocycles. The van der Waals surface area contributed by atoms with E-state index in [2.05, 4.69) is 55.2 Å². The van der Waals surface area contributed by atoms with Crippen LogP contribution in [0.3, 0.4) is 0 Å². The Kier molecular flexibility index (Phi) is 5.56. The minimum atomic E-state index is -0.896. The molecule has 2 N–H and O–H groups in total. The number of allylic oxidation sites excluding steroid dienone is 1. The fraction of sp³-hybridized carbons (Fsp3) is 0.375. The first kappa shape index (κ1) is 21.9. The van der Waals surface area contributed by atoms with Crippen LogP contribution >= 0.6 is 11.8 Å². The quantitative estimate of drug-likeness (QED) is 0.489. The Balaban J connectivity index is 1.20. The van der Waals surface area contributed by atoms with Crippen molar-refractivity contribution < 1.29 is 14.3 Å². The van der Waals surface area contributed by atoms with E-state index < -0.39 is 12.3 Å². The van der Waals surface area contributed by atoms with Crippen LogP contribution in [0.15, 0.2) is 59.2 Å². The van der Waals surface area contributed by atoms with Crippen molar-refractivity contribution >= 4 is 34.7 Å². The summed E-state index contributed by atoms with van der Waals surface area (Å²) in [6, 6.07) is 10.7. The molecular formula is C24H25N7O3S. The Morgan fingerprint density at radius 3 is 2.89 bits per heavy atom. The first-order valence-corrected chi connectivity index (χ1v) is 12.9. The largest absolute Gasteiger partial charge is 0.435 e. The number of fused-ring (bicyclic) bond motifs is 1. The lowest BCUT2D eigenvalue weighted by Crippen LogP contribution is -2.32. The van der Waals surface area contributed by atoms with E-state index in [1.54, 1.807) is 0 Å². The number of nitrogens with one attached hydrogen (secondary N) is 2. The maximum Gasteiger partial charge on any atom is 0.349 e. The zero-order valence-electron chi connectivity index (χ0n) is 19.3. The van der Waals surface area contributed by atoms with Crippen LogP contribution in [0.4, 0.5) is 5.82 Å². The standard InChI is InChI=1S/C24H25N7O3S/c1-3-9-25-23(32)18-17(35-2)11-16-20(18)34-24(33-16)31-22-19(29-30-31)21(26-12-27-22)28-15-10-14(15)13-7-5-4-6-8-13/h4-8,11-12,14-15,18,24H,3,9-10H2,1-2H3,(H,25,32)(H,26,27,28). The minimum Gasteiger partial charge on any atom is -0.435 e. The first-order valence-electron chi connectivity index (χ1n) is 11.7. The van der Waals surface area contributed by atoms with Gasteiger partial charge in [-0.2, -0.15) is 4.68 Å². The Labute approximate surface area is 206 Å². The van der Waals surface area contributed by atoms with E-state index in [-0.39, 0.29) is 11.9 Å². The van der Waals surface area contributed by atoms with Crippen molar-refractivity contribution in [1.29, 1.82) is 0 Å². The van der Waals surface area contributed by atoms with Crippen molar-refractivity contribution in [2.75, 3.05) is 18.1 Å². The maximum atomic E-state index is 12.8. The highest BCUT2D eigenvalue weighted by Crippen LogP contribution is 2.46. The fourth-order valence-corrected chi connectivity index (χ4v) is 5.18. The van der Waals surface area contributed by atoms with Crippen LogP contribution in [0.5, 0.6) is 0 Å². The summed E-state index contributed by atoms with van der Waals surface area (Å²) < 4.78 is 13.6. The summed E-state index contributed by atoms with van der Waals surface area (Å²) >= 11 is 1.51. The van der Waals surface area contributed by atoms with Crippen LogP contribution in [0.25, 0.3) is 11.2 Å². The maximum absolute atomic E-state index is 12.8. The van der Waals surface area contributed by atoms with Gasteiger partial charge in [-0.15, -0.1) is 16.9 Å². The van der Waals surface area contributed by atoms with Crippen LogP contribution in [-0.2, 0) is 14.3 Å². The molecule has 1 aromatic carbocycles. The molecule has 0 bridgehead atoms. The van der Waals surface area contributed by atoms with Crippen molar-refractivity contribution in [3.8, 4) is 0 Å². The molecule has 3 heterocycles. The highest BCUT2D eigenvalue weighted by molar-refractivity contribution is 8.02. The lowest BCUT2D eigenvalue weighted by Gasteiger charge is -2.18. The van der Waals surface area contributed by atoms with Gasteiger partial charge in [-0.1, -0.05) is 42.5 Å². The molecule has 11 heteroatoms. The molecular weight excluding hydrogens is 466 g/mol. The number of aromatic nitrogens is 5. The third kappa shape index (κ3) is 3.89. The molecule has 1 aliphatic heterocycles. The second kappa shape index (κ2) is 8.88. The second-order valence-corrected chi connectivity index (χ2v) is 9.56. The monoisotopic (exact) mass is 491 g/mol. The second-order valence-electron chi connectivity index (χ2n) is 8.68. The number of carbonyl (C=O) groups is 1. The molecule has 2 aromatic heterocycles. The molecule has 0 radical (unpaired) electrons. The molecule has 3 aliphatic rings. The number of rotatable bonds is 8. The van der Waals surface area contributed by atoms with Crippen molar-refractivity contribution in [3.05, 3.63) is 64.7 Å². The van der Waals surface area contributed by atoms with Gasteiger partial charge in [0.2, 0.25) is 5.91 Å². The molecule has 180 valence electrons. The van der Waals surface area contributed by atoms with Gasteiger partial charge in [-0.25, -0.2) is 9.97 Å². The van der Waals surface area contributed by atoms with Crippen LogP contribution in [-0.4, -0.2) is 49.7 Å². The van der Waals surface area contributed by atoms with E-state index >= 15 is 0 Å². The van der Waals surface area contributed by atoms with E-state index in [0.717, 1.165) is 17.7 Å². The molecule has 4 unspecified atom stereocenters. The average Bonchev–Trinajstić information content (AvgIpc) is 3.18. The predicted molar refractivity (Wildman–Crippen MR) is 131 cm³/mol. The summed E-state index contributed by atoms with van der Waals surface area (Å²) in [6.45, 7) is 2.62. The van der Waals surface area contributed by atoms with Gasteiger partial charge in [0.1, 0.15) is 12.2 Å². The van der Waals surface area contributed by atoms with Gasteiger partial charge in [-0.3, -0.25) is 4.79 Å². The lowest BCUT2D eigenvalue weighted by molar-refractivity contribution is -0.128. The first-order chi connectivity index (χ1) is 17.2. The molecule has 6 rings (SSSR count). The molecule has 0 saturated heterocycles. The van der Waals surface area contributed by atoms with Gasteiger partial charge in [0, 0.05) is 23.4 Å². The molecule has 0 spiro atoms. The fourth-order valence-electron chi connectivity index (χ4n) is 4.50. The lowest BCUT2D eigenvalue weighted by atomic mass is 10.1. The molecule has 4 atom stereocenters. The normalized spacial score (nSPS) is 24.6. The smallest absolute Gasteiger partial charge is 0.349 e. The molecule has 3 aromatic rings. The summed E-state index contributed by atoms with van der Waals surface area (Å²) in [5.41, 5.74) is 2.34. The Morgan fingerprint density at radius 2 is 2.09 bits per heavy atom. The van der Waals surface area contributed by atoms with Crippen molar-refractivity contribution in [3.63, 3.8) is 0 Å². The molecule has 10 nitrogen and oxygen atoms in total. The van der Waals surface area contributed by atoms with Crippen LogP contribution in [0, 0.1) is 5.92 Å². The third-order valence-corrected chi connectivity index (χ3v) is 7.19. The van der Waals surface area contributed by atoms with Crippen LogP contribution in [0.2, 0.25) is 0 Å². The number of ether oxygens (including phenoxy) is 2. The van der Waals surface area contributed by atoms with Gasteiger partial charge in [0.05, 0.1) is 0 Å². The van der Waals surface area contributed by atoms with Crippen molar-refractivity contribution in [2.45, 2.75) is 38.1 Å². The number of nitrogens with zero attached hydrogens (tertiary/aromatic N) is 5. The van der Waals surface area contributed by atoms with Crippen molar-refractivity contribution in [2.24, 2.45) is 5.92 Å².